The summed E-state index contributed by atoms with van der Waals surface area (Å²) in [5, 5.41) is 3.59. The lowest BCUT2D eigenvalue weighted by molar-refractivity contribution is -0.115. The van der Waals surface area contributed by atoms with Gasteiger partial charge in [-0.2, -0.15) is 0 Å². The SMILES string of the molecule is CCOC(=O)c1c(NC(=O)Cc2cc(C)ccc2C)sc2c1CCC2. The van der Waals surface area contributed by atoms with Crippen LogP contribution in [0.25, 0.3) is 0 Å². The van der Waals surface area contributed by atoms with Crippen LogP contribution in [0.3, 0.4) is 0 Å². The Morgan fingerprint density at radius 2 is 2.04 bits per heavy atom. The first-order chi connectivity index (χ1) is 12.0. The van der Waals surface area contributed by atoms with Crippen LogP contribution < -0.4 is 5.32 Å². The molecular formula is C20H23NO3S. The molecule has 4 nitrogen and oxygen atoms in total. The largest absolute Gasteiger partial charge is 0.462 e. The Bertz CT molecular complexity index is 823. The van der Waals surface area contributed by atoms with E-state index in [1.54, 1.807) is 6.92 Å². The minimum absolute atomic E-state index is 0.0980. The average Bonchev–Trinajstić information content (AvgIpc) is 3.11. The van der Waals surface area contributed by atoms with Crippen molar-refractivity contribution in [2.24, 2.45) is 0 Å². The smallest absolute Gasteiger partial charge is 0.341 e. The van der Waals surface area contributed by atoms with Crippen molar-refractivity contribution in [3.8, 4) is 0 Å². The molecule has 25 heavy (non-hydrogen) atoms. The van der Waals surface area contributed by atoms with Gasteiger partial charge in [-0.05, 0) is 56.7 Å². The second-order valence-electron chi connectivity index (χ2n) is 6.44. The van der Waals surface area contributed by atoms with Crippen LogP contribution in [-0.2, 0) is 28.8 Å². The summed E-state index contributed by atoms with van der Waals surface area (Å²) in [6.45, 7) is 6.15. The van der Waals surface area contributed by atoms with E-state index in [0.717, 1.165) is 41.5 Å². The van der Waals surface area contributed by atoms with Crippen LogP contribution in [0.5, 0.6) is 0 Å². The molecule has 0 radical (unpaired) electrons. The molecule has 0 saturated heterocycles. The Hall–Kier alpha value is -2.14. The van der Waals surface area contributed by atoms with Gasteiger partial charge in [0.2, 0.25) is 5.91 Å². The predicted octanol–water partition coefficient (Wildman–Crippen LogP) is 4.21. The number of esters is 1. The molecule has 1 amide bonds. The van der Waals surface area contributed by atoms with Gasteiger partial charge in [-0.15, -0.1) is 11.3 Å². The first-order valence-corrected chi connectivity index (χ1v) is 9.49. The van der Waals surface area contributed by atoms with E-state index >= 15 is 0 Å². The molecule has 1 heterocycles. The normalized spacial score (nSPS) is 12.8. The molecule has 5 heteroatoms. The quantitative estimate of drug-likeness (QED) is 0.816. The van der Waals surface area contributed by atoms with Gasteiger partial charge in [0.25, 0.3) is 0 Å². The number of thiophene rings is 1. The van der Waals surface area contributed by atoms with Crippen molar-refractivity contribution in [2.45, 2.75) is 46.5 Å². The molecule has 1 aliphatic rings. The number of hydrogen-bond donors (Lipinski definition) is 1. The van der Waals surface area contributed by atoms with Gasteiger partial charge in [0.15, 0.2) is 0 Å². The summed E-state index contributed by atoms with van der Waals surface area (Å²) >= 11 is 1.52. The maximum atomic E-state index is 12.5. The highest BCUT2D eigenvalue weighted by Crippen LogP contribution is 2.39. The first-order valence-electron chi connectivity index (χ1n) is 8.67. The van der Waals surface area contributed by atoms with Gasteiger partial charge in [0, 0.05) is 4.88 Å². The summed E-state index contributed by atoms with van der Waals surface area (Å²) in [6.07, 6.45) is 3.22. The first kappa shape index (κ1) is 17.7. The third-order valence-electron chi connectivity index (χ3n) is 4.51. The standard InChI is InChI=1S/C20H23NO3S/c1-4-24-20(23)18-15-6-5-7-16(15)25-19(18)21-17(22)11-14-10-12(2)8-9-13(14)3/h8-10H,4-7,11H2,1-3H3,(H,21,22). The highest BCUT2D eigenvalue weighted by atomic mass is 32.1. The molecule has 1 N–H and O–H groups in total. The molecule has 0 saturated carbocycles. The average molecular weight is 357 g/mol. The fourth-order valence-corrected chi connectivity index (χ4v) is 4.54. The van der Waals surface area contributed by atoms with Crippen LogP contribution in [0, 0.1) is 13.8 Å². The maximum absolute atomic E-state index is 12.5. The minimum atomic E-state index is -0.330. The highest BCUT2D eigenvalue weighted by Gasteiger charge is 2.28. The number of aryl methyl sites for hydroxylation is 3. The maximum Gasteiger partial charge on any atom is 0.341 e. The number of benzene rings is 1. The van der Waals surface area contributed by atoms with E-state index in [2.05, 4.69) is 5.32 Å². The lowest BCUT2D eigenvalue weighted by Gasteiger charge is -2.10. The number of rotatable bonds is 5. The van der Waals surface area contributed by atoms with Gasteiger partial charge in [0.05, 0.1) is 18.6 Å². The van der Waals surface area contributed by atoms with Crippen molar-refractivity contribution in [1.82, 2.24) is 0 Å². The number of nitrogens with one attached hydrogen (secondary N) is 1. The number of carbonyl (C=O) groups excluding carboxylic acids is 2. The third-order valence-corrected chi connectivity index (χ3v) is 5.72. The molecule has 1 aliphatic carbocycles. The molecule has 1 aromatic heterocycles. The molecule has 0 aliphatic heterocycles. The number of hydrogen-bond acceptors (Lipinski definition) is 4. The van der Waals surface area contributed by atoms with Crippen LogP contribution in [0.15, 0.2) is 18.2 Å². The second-order valence-corrected chi connectivity index (χ2v) is 7.54. The fourth-order valence-electron chi connectivity index (χ4n) is 3.25. The van der Waals surface area contributed by atoms with Gasteiger partial charge in [-0.3, -0.25) is 4.79 Å². The van der Waals surface area contributed by atoms with Crippen molar-refractivity contribution < 1.29 is 14.3 Å². The van der Waals surface area contributed by atoms with Crippen molar-refractivity contribution in [3.05, 3.63) is 50.9 Å². The van der Waals surface area contributed by atoms with Gasteiger partial charge < -0.3 is 10.1 Å². The Balaban J connectivity index is 1.81. The summed E-state index contributed by atoms with van der Waals surface area (Å²) in [6, 6.07) is 6.11. The summed E-state index contributed by atoms with van der Waals surface area (Å²) in [5.74, 6) is -0.428. The number of fused-ring (bicyclic) bond motifs is 1. The van der Waals surface area contributed by atoms with Crippen molar-refractivity contribution in [2.75, 3.05) is 11.9 Å². The molecule has 0 unspecified atom stereocenters. The molecule has 0 bridgehead atoms. The molecule has 0 fully saturated rings. The molecular weight excluding hydrogens is 334 g/mol. The Morgan fingerprint density at radius 3 is 2.80 bits per heavy atom. The van der Waals surface area contributed by atoms with E-state index in [1.807, 2.05) is 32.0 Å². The molecule has 3 rings (SSSR count). The van der Waals surface area contributed by atoms with E-state index < -0.39 is 0 Å². The summed E-state index contributed by atoms with van der Waals surface area (Å²) in [5.41, 5.74) is 4.87. The van der Waals surface area contributed by atoms with Crippen molar-refractivity contribution >= 4 is 28.2 Å². The summed E-state index contributed by atoms with van der Waals surface area (Å²) in [7, 11) is 0. The zero-order valence-corrected chi connectivity index (χ0v) is 15.7. The van der Waals surface area contributed by atoms with E-state index in [0.29, 0.717) is 23.6 Å². The van der Waals surface area contributed by atoms with Crippen LogP contribution >= 0.6 is 11.3 Å². The number of amides is 1. The topological polar surface area (TPSA) is 55.4 Å². The van der Waals surface area contributed by atoms with Crippen LogP contribution in [-0.4, -0.2) is 18.5 Å². The zero-order chi connectivity index (χ0) is 18.0. The molecule has 1 aromatic carbocycles. The Labute approximate surface area is 152 Å². The van der Waals surface area contributed by atoms with E-state index in [-0.39, 0.29) is 11.9 Å². The molecule has 132 valence electrons. The summed E-state index contributed by atoms with van der Waals surface area (Å²) in [4.78, 5) is 26.1. The van der Waals surface area contributed by atoms with E-state index in [1.165, 1.54) is 16.2 Å². The van der Waals surface area contributed by atoms with E-state index in [9.17, 15) is 9.59 Å². The molecule has 2 aromatic rings. The fraction of sp³-hybridized carbons (Fsp3) is 0.400. The Morgan fingerprint density at radius 1 is 1.24 bits per heavy atom. The molecule has 0 spiro atoms. The minimum Gasteiger partial charge on any atom is -0.462 e. The predicted molar refractivity (Wildman–Crippen MR) is 101 cm³/mol. The lowest BCUT2D eigenvalue weighted by Crippen LogP contribution is -2.17. The van der Waals surface area contributed by atoms with Crippen LogP contribution in [0.4, 0.5) is 5.00 Å². The van der Waals surface area contributed by atoms with Gasteiger partial charge in [-0.1, -0.05) is 23.8 Å². The Kier molecular flexibility index (Phi) is 5.23. The zero-order valence-electron chi connectivity index (χ0n) is 14.9. The lowest BCUT2D eigenvalue weighted by atomic mass is 10.0. The van der Waals surface area contributed by atoms with Crippen molar-refractivity contribution in [3.63, 3.8) is 0 Å². The highest BCUT2D eigenvalue weighted by molar-refractivity contribution is 7.17. The number of anilines is 1. The number of carbonyl (C=O) groups is 2. The molecule has 0 atom stereocenters. The van der Waals surface area contributed by atoms with E-state index in [4.69, 9.17) is 4.74 Å². The van der Waals surface area contributed by atoms with Crippen molar-refractivity contribution in [1.29, 1.82) is 0 Å². The number of ether oxygens (including phenoxy) is 1. The van der Waals surface area contributed by atoms with Crippen LogP contribution in [0.1, 0.15) is 50.8 Å². The van der Waals surface area contributed by atoms with Crippen LogP contribution in [0.2, 0.25) is 0 Å². The summed E-state index contributed by atoms with van der Waals surface area (Å²) < 4.78 is 5.20. The van der Waals surface area contributed by atoms with Gasteiger partial charge >= 0.3 is 5.97 Å². The van der Waals surface area contributed by atoms with Gasteiger partial charge in [0.1, 0.15) is 5.00 Å². The van der Waals surface area contributed by atoms with Gasteiger partial charge in [-0.25, -0.2) is 4.79 Å². The monoisotopic (exact) mass is 357 g/mol. The second kappa shape index (κ2) is 7.40. The third kappa shape index (κ3) is 3.76.